The van der Waals surface area contributed by atoms with Crippen LogP contribution in [0.1, 0.15) is 10.5 Å². The maximum absolute atomic E-state index is 13.5. The zero-order valence-corrected chi connectivity index (χ0v) is 10.4. The number of carbonyl (C=O) groups is 1. The number of hydrogen-bond acceptors (Lipinski definition) is 4. The Labute approximate surface area is 111 Å². The average molecular weight is 273 g/mol. The molecule has 1 aromatic carbocycles. The van der Waals surface area contributed by atoms with Crippen molar-refractivity contribution >= 4 is 32.6 Å². The van der Waals surface area contributed by atoms with Gasteiger partial charge in [-0.25, -0.2) is 9.37 Å². The molecule has 0 aliphatic carbocycles. The van der Waals surface area contributed by atoms with Crippen molar-refractivity contribution in [2.75, 3.05) is 5.32 Å². The molecule has 0 unspecified atom stereocenters. The minimum Gasteiger partial charge on any atom is -0.296 e. The third-order valence-corrected chi connectivity index (χ3v) is 3.42. The quantitative estimate of drug-likeness (QED) is 0.780. The summed E-state index contributed by atoms with van der Waals surface area (Å²) in [4.78, 5) is 19.9. The first-order valence-corrected chi connectivity index (χ1v) is 6.33. The number of hydrogen-bond donors (Lipinski definition) is 1. The lowest BCUT2D eigenvalue weighted by Gasteiger charge is -1.99. The first-order chi connectivity index (χ1) is 9.24. The molecule has 2 aromatic heterocycles. The summed E-state index contributed by atoms with van der Waals surface area (Å²) in [5.74, 6) is -0.757. The predicted molar refractivity (Wildman–Crippen MR) is 71.8 cm³/mol. The van der Waals surface area contributed by atoms with Crippen molar-refractivity contribution in [3.63, 3.8) is 0 Å². The highest BCUT2D eigenvalue weighted by Gasteiger charge is 2.12. The van der Waals surface area contributed by atoms with Crippen LogP contribution in [0.2, 0.25) is 0 Å². The Morgan fingerprint density at radius 2 is 2.11 bits per heavy atom. The maximum Gasteiger partial charge on any atom is 0.276 e. The van der Waals surface area contributed by atoms with Crippen LogP contribution >= 0.6 is 11.3 Å². The SMILES string of the molecule is O=C(Nc1nc2c(F)cccc2s1)c1ccccn1. The fraction of sp³-hybridized carbons (Fsp3) is 0. The molecule has 0 spiro atoms. The van der Waals surface area contributed by atoms with Gasteiger partial charge in [0, 0.05) is 6.20 Å². The molecule has 0 saturated carbocycles. The molecular formula is C13H8FN3OS. The van der Waals surface area contributed by atoms with Gasteiger partial charge in [0.15, 0.2) is 5.13 Å². The van der Waals surface area contributed by atoms with E-state index >= 15 is 0 Å². The number of pyridine rings is 1. The van der Waals surface area contributed by atoms with Gasteiger partial charge in [-0.1, -0.05) is 23.5 Å². The fourth-order valence-electron chi connectivity index (χ4n) is 1.63. The summed E-state index contributed by atoms with van der Waals surface area (Å²) in [6.07, 6.45) is 1.53. The lowest BCUT2D eigenvalue weighted by Crippen LogP contribution is -2.12. The number of rotatable bonds is 2. The van der Waals surface area contributed by atoms with Gasteiger partial charge in [0.25, 0.3) is 5.91 Å². The Balaban J connectivity index is 1.90. The summed E-state index contributed by atoms with van der Waals surface area (Å²) in [5, 5.41) is 2.97. The first-order valence-electron chi connectivity index (χ1n) is 5.51. The van der Waals surface area contributed by atoms with E-state index in [0.717, 1.165) is 0 Å². The Kier molecular flexibility index (Phi) is 2.92. The normalized spacial score (nSPS) is 10.6. The molecular weight excluding hydrogens is 265 g/mol. The molecule has 3 aromatic rings. The van der Waals surface area contributed by atoms with E-state index in [-0.39, 0.29) is 11.4 Å². The fourth-order valence-corrected chi connectivity index (χ4v) is 2.50. The number of para-hydroxylation sites is 1. The highest BCUT2D eigenvalue weighted by atomic mass is 32.1. The van der Waals surface area contributed by atoms with Crippen molar-refractivity contribution in [1.82, 2.24) is 9.97 Å². The zero-order valence-electron chi connectivity index (χ0n) is 9.63. The van der Waals surface area contributed by atoms with Gasteiger partial charge in [0.1, 0.15) is 17.0 Å². The summed E-state index contributed by atoms with van der Waals surface area (Å²) >= 11 is 1.22. The van der Waals surface area contributed by atoms with Gasteiger partial charge < -0.3 is 0 Å². The van der Waals surface area contributed by atoms with Crippen molar-refractivity contribution in [2.45, 2.75) is 0 Å². The Morgan fingerprint density at radius 1 is 1.21 bits per heavy atom. The second-order valence-electron chi connectivity index (χ2n) is 3.77. The Morgan fingerprint density at radius 3 is 2.84 bits per heavy atom. The van der Waals surface area contributed by atoms with Gasteiger partial charge in [0.05, 0.1) is 4.70 Å². The first kappa shape index (κ1) is 11.7. The molecule has 4 nitrogen and oxygen atoms in total. The van der Waals surface area contributed by atoms with Crippen molar-refractivity contribution in [1.29, 1.82) is 0 Å². The van der Waals surface area contributed by atoms with Crippen LogP contribution in [0.3, 0.4) is 0 Å². The average Bonchev–Trinajstić information content (AvgIpc) is 2.84. The minimum atomic E-state index is -0.396. The van der Waals surface area contributed by atoms with Gasteiger partial charge in [-0.3, -0.25) is 15.1 Å². The van der Waals surface area contributed by atoms with E-state index in [2.05, 4.69) is 15.3 Å². The number of aromatic nitrogens is 2. The second-order valence-corrected chi connectivity index (χ2v) is 4.81. The van der Waals surface area contributed by atoms with Crippen molar-refractivity contribution in [2.24, 2.45) is 0 Å². The zero-order chi connectivity index (χ0) is 13.2. The molecule has 1 amide bonds. The molecule has 0 radical (unpaired) electrons. The number of fused-ring (bicyclic) bond motifs is 1. The summed E-state index contributed by atoms with van der Waals surface area (Å²) < 4.78 is 14.2. The number of nitrogens with one attached hydrogen (secondary N) is 1. The lowest BCUT2D eigenvalue weighted by atomic mass is 10.3. The van der Waals surface area contributed by atoms with Crippen LogP contribution in [0.25, 0.3) is 10.2 Å². The number of halogens is 1. The van der Waals surface area contributed by atoms with Gasteiger partial charge in [-0.05, 0) is 24.3 Å². The van der Waals surface area contributed by atoms with E-state index in [0.29, 0.717) is 15.5 Å². The highest BCUT2D eigenvalue weighted by Crippen LogP contribution is 2.27. The van der Waals surface area contributed by atoms with E-state index in [1.807, 2.05) is 0 Å². The van der Waals surface area contributed by atoms with Crippen LogP contribution in [-0.2, 0) is 0 Å². The molecule has 0 fully saturated rings. The van der Waals surface area contributed by atoms with Crippen LogP contribution < -0.4 is 5.32 Å². The van der Waals surface area contributed by atoms with Gasteiger partial charge in [0.2, 0.25) is 0 Å². The molecule has 6 heteroatoms. The van der Waals surface area contributed by atoms with Crippen LogP contribution in [-0.4, -0.2) is 15.9 Å². The van der Waals surface area contributed by atoms with Crippen molar-refractivity contribution in [3.05, 3.63) is 54.1 Å². The maximum atomic E-state index is 13.5. The van der Waals surface area contributed by atoms with Crippen LogP contribution in [0.4, 0.5) is 9.52 Å². The molecule has 1 N–H and O–H groups in total. The number of benzene rings is 1. The molecule has 19 heavy (non-hydrogen) atoms. The standard InChI is InChI=1S/C13H8FN3OS/c14-8-4-3-6-10-11(8)16-13(19-10)17-12(18)9-5-1-2-7-15-9/h1-7H,(H,16,17,18). The van der Waals surface area contributed by atoms with E-state index in [4.69, 9.17) is 0 Å². The van der Waals surface area contributed by atoms with E-state index in [9.17, 15) is 9.18 Å². The second kappa shape index (κ2) is 4.74. The Bertz CT molecular complexity index is 742. The summed E-state index contributed by atoms with van der Waals surface area (Å²) in [6, 6.07) is 9.76. The molecule has 0 saturated heterocycles. The number of carbonyl (C=O) groups excluding carboxylic acids is 1. The Hall–Kier alpha value is -2.34. The van der Waals surface area contributed by atoms with Crippen molar-refractivity contribution < 1.29 is 9.18 Å². The largest absolute Gasteiger partial charge is 0.296 e. The van der Waals surface area contributed by atoms with Crippen LogP contribution in [0.15, 0.2) is 42.6 Å². The van der Waals surface area contributed by atoms with E-state index in [1.165, 1.54) is 23.6 Å². The van der Waals surface area contributed by atoms with Gasteiger partial charge >= 0.3 is 0 Å². The molecule has 2 heterocycles. The molecule has 0 atom stereocenters. The molecule has 0 aliphatic rings. The van der Waals surface area contributed by atoms with E-state index < -0.39 is 5.82 Å². The number of anilines is 1. The van der Waals surface area contributed by atoms with Crippen molar-refractivity contribution in [3.8, 4) is 0 Å². The van der Waals surface area contributed by atoms with Crippen LogP contribution in [0.5, 0.6) is 0 Å². The highest BCUT2D eigenvalue weighted by molar-refractivity contribution is 7.22. The third-order valence-electron chi connectivity index (χ3n) is 2.49. The number of nitrogens with zero attached hydrogens (tertiary/aromatic N) is 2. The number of thiazole rings is 1. The molecule has 0 bridgehead atoms. The summed E-state index contributed by atoms with van der Waals surface area (Å²) in [6.45, 7) is 0. The lowest BCUT2D eigenvalue weighted by molar-refractivity contribution is 0.102. The monoisotopic (exact) mass is 273 g/mol. The van der Waals surface area contributed by atoms with Gasteiger partial charge in [-0.2, -0.15) is 0 Å². The van der Waals surface area contributed by atoms with Crippen LogP contribution in [0, 0.1) is 5.82 Å². The molecule has 3 rings (SSSR count). The number of amides is 1. The molecule has 0 aliphatic heterocycles. The minimum absolute atomic E-state index is 0.267. The smallest absolute Gasteiger partial charge is 0.276 e. The molecule has 94 valence electrons. The summed E-state index contributed by atoms with van der Waals surface area (Å²) in [5.41, 5.74) is 0.561. The topological polar surface area (TPSA) is 54.9 Å². The summed E-state index contributed by atoms with van der Waals surface area (Å²) in [7, 11) is 0. The van der Waals surface area contributed by atoms with Gasteiger partial charge in [-0.15, -0.1) is 0 Å². The van der Waals surface area contributed by atoms with E-state index in [1.54, 1.807) is 30.3 Å². The third kappa shape index (κ3) is 2.30. The predicted octanol–water partition coefficient (Wildman–Crippen LogP) is 3.08.